The maximum absolute atomic E-state index is 14.5. The lowest BCUT2D eigenvalue weighted by molar-refractivity contribution is -0.140. The van der Waals surface area contributed by atoms with Crippen LogP contribution in [0.3, 0.4) is 0 Å². The smallest absolute Gasteiger partial charge is 0.264 e. The average molecular weight is 612 g/mol. The second-order valence-corrected chi connectivity index (χ2v) is 13.1. The molecular weight excluding hydrogens is 570 g/mol. The van der Waals surface area contributed by atoms with Crippen LogP contribution in [-0.2, 0) is 32.6 Å². The van der Waals surface area contributed by atoms with Gasteiger partial charge in [-0.1, -0.05) is 91.9 Å². The minimum Gasteiger partial charge on any atom is -0.352 e. The lowest BCUT2D eigenvalue weighted by atomic mass is 10.0. The molecule has 4 aromatic carbocycles. The number of nitrogens with one attached hydrogen (secondary N) is 1. The summed E-state index contributed by atoms with van der Waals surface area (Å²) in [6.45, 7) is 7.35. The Hall–Kier alpha value is -4.43. The number of hydrogen-bond acceptors (Lipinski definition) is 4. The molecule has 0 saturated carbocycles. The van der Waals surface area contributed by atoms with E-state index in [1.165, 1.54) is 17.0 Å². The maximum atomic E-state index is 14.5. The van der Waals surface area contributed by atoms with Gasteiger partial charge in [-0.15, -0.1) is 0 Å². The summed E-state index contributed by atoms with van der Waals surface area (Å²) in [5.74, 6) is -0.760. The van der Waals surface area contributed by atoms with E-state index in [1.807, 2.05) is 94.4 Å². The highest BCUT2D eigenvalue weighted by Gasteiger charge is 2.35. The van der Waals surface area contributed by atoms with Gasteiger partial charge in [-0.2, -0.15) is 0 Å². The molecule has 0 spiro atoms. The summed E-state index contributed by atoms with van der Waals surface area (Å²) >= 11 is 0. The largest absolute Gasteiger partial charge is 0.352 e. The van der Waals surface area contributed by atoms with E-state index in [1.54, 1.807) is 30.3 Å². The fourth-order valence-electron chi connectivity index (χ4n) is 5.12. The van der Waals surface area contributed by atoms with Gasteiger partial charge in [0.15, 0.2) is 0 Å². The van der Waals surface area contributed by atoms with Crippen molar-refractivity contribution in [3.8, 4) is 0 Å². The van der Waals surface area contributed by atoms with Crippen molar-refractivity contribution in [2.45, 2.75) is 64.1 Å². The Bertz CT molecular complexity index is 1620. The van der Waals surface area contributed by atoms with Crippen LogP contribution in [0.2, 0.25) is 0 Å². The minimum absolute atomic E-state index is 0.0805. The molecule has 0 bridgehead atoms. The third-order valence-electron chi connectivity index (χ3n) is 7.57. The van der Waals surface area contributed by atoms with Crippen molar-refractivity contribution in [2.24, 2.45) is 0 Å². The highest BCUT2D eigenvalue weighted by atomic mass is 32.2. The molecule has 0 aliphatic rings. The summed E-state index contributed by atoms with van der Waals surface area (Å²) in [6, 6.07) is 31.6. The molecule has 2 atom stereocenters. The Balaban J connectivity index is 1.81. The molecule has 44 heavy (non-hydrogen) atoms. The monoisotopic (exact) mass is 611 g/mol. The Morgan fingerprint density at radius 1 is 0.773 bits per heavy atom. The Kier molecular flexibility index (Phi) is 11.0. The number of anilines is 1. The Morgan fingerprint density at radius 3 is 1.84 bits per heavy atom. The number of amides is 2. The van der Waals surface area contributed by atoms with Crippen molar-refractivity contribution in [3.63, 3.8) is 0 Å². The van der Waals surface area contributed by atoms with Crippen molar-refractivity contribution in [1.82, 2.24) is 10.2 Å². The van der Waals surface area contributed by atoms with Gasteiger partial charge < -0.3 is 10.2 Å². The van der Waals surface area contributed by atoms with Crippen molar-refractivity contribution in [1.29, 1.82) is 0 Å². The zero-order valence-electron chi connectivity index (χ0n) is 25.8. The van der Waals surface area contributed by atoms with E-state index in [4.69, 9.17) is 0 Å². The number of aryl methyl sites for hydroxylation is 2. The second kappa shape index (κ2) is 14.8. The van der Waals surface area contributed by atoms with Crippen LogP contribution in [0, 0.1) is 13.8 Å². The topological polar surface area (TPSA) is 86.8 Å². The molecule has 0 unspecified atom stereocenters. The van der Waals surface area contributed by atoms with E-state index in [2.05, 4.69) is 5.32 Å². The standard InChI is InChI=1S/C36H41N3O4S/c1-5-29(4)37-36(41)34(24-30-15-9-6-10-16-30)38(25-31-17-11-7-12-18-31)35(40)26-39(32-22-27(2)21-28(3)23-32)44(42,43)33-19-13-8-14-20-33/h6-23,29,34H,5,24-26H2,1-4H3,(H,37,41)/t29-,34+/m0/s1. The molecule has 7 nitrogen and oxygen atoms in total. The van der Waals surface area contributed by atoms with E-state index < -0.39 is 28.5 Å². The first kappa shape index (κ1) is 32.5. The molecule has 0 saturated heterocycles. The van der Waals surface area contributed by atoms with Gasteiger partial charge in [0.05, 0.1) is 10.6 Å². The molecule has 0 aromatic heterocycles. The van der Waals surface area contributed by atoms with E-state index in [9.17, 15) is 18.0 Å². The Labute approximate surface area is 261 Å². The first-order valence-electron chi connectivity index (χ1n) is 14.9. The number of benzene rings is 4. The molecule has 2 amide bonds. The lowest BCUT2D eigenvalue weighted by Gasteiger charge is -2.34. The van der Waals surface area contributed by atoms with Crippen LogP contribution in [0.4, 0.5) is 5.69 Å². The van der Waals surface area contributed by atoms with E-state index in [0.717, 1.165) is 33.0 Å². The fraction of sp³-hybridized carbons (Fsp3) is 0.278. The summed E-state index contributed by atoms with van der Waals surface area (Å²) in [7, 11) is -4.13. The highest BCUT2D eigenvalue weighted by Crippen LogP contribution is 2.27. The quantitative estimate of drug-likeness (QED) is 0.199. The molecule has 1 N–H and O–H groups in total. The van der Waals surface area contributed by atoms with Crippen LogP contribution >= 0.6 is 0 Å². The summed E-state index contributed by atoms with van der Waals surface area (Å²) in [5.41, 5.74) is 3.86. The molecule has 4 aromatic rings. The zero-order chi connectivity index (χ0) is 31.7. The minimum atomic E-state index is -4.13. The van der Waals surface area contributed by atoms with Crippen molar-refractivity contribution in [3.05, 3.63) is 131 Å². The van der Waals surface area contributed by atoms with Crippen LogP contribution in [0.5, 0.6) is 0 Å². The van der Waals surface area contributed by atoms with Crippen molar-refractivity contribution in [2.75, 3.05) is 10.8 Å². The first-order valence-corrected chi connectivity index (χ1v) is 16.4. The summed E-state index contributed by atoms with van der Waals surface area (Å²) in [6.07, 6.45) is 1.00. The van der Waals surface area contributed by atoms with Gasteiger partial charge in [-0.3, -0.25) is 13.9 Å². The third-order valence-corrected chi connectivity index (χ3v) is 9.36. The van der Waals surface area contributed by atoms with Gasteiger partial charge in [0.1, 0.15) is 12.6 Å². The van der Waals surface area contributed by atoms with Crippen molar-refractivity contribution < 1.29 is 18.0 Å². The molecule has 0 heterocycles. The molecule has 230 valence electrons. The van der Waals surface area contributed by atoms with Gasteiger partial charge in [0.2, 0.25) is 11.8 Å². The van der Waals surface area contributed by atoms with Crippen LogP contribution in [0.1, 0.15) is 42.5 Å². The first-order chi connectivity index (χ1) is 21.1. The second-order valence-electron chi connectivity index (χ2n) is 11.2. The lowest BCUT2D eigenvalue weighted by Crippen LogP contribution is -2.54. The van der Waals surface area contributed by atoms with E-state index in [-0.39, 0.29) is 29.8 Å². The fourth-order valence-corrected chi connectivity index (χ4v) is 6.54. The number of sulfonamides is 1. The normalized spacial score (nSPS) is 12.6. The predicted octanol–water partition coefficient (Wildman–Crippen LogP) is 6.05. The molecule has 8 heteroatoms. The number of carbonyl (C=O) groups is 2. The Morgan fingerprint density at radius 2 is 1.30 bits per heavy atom. The van der Waals surface area contributed by atoms with Crippen LogP contribution in [0.25, 0.3) is 0 Å². The van der Waals surface area contributed by atoms with Crippen molar-refractivity contribution >= 4 is 27.5 Å². The zero-order valence-corrected chi connectivity index (χ0v) is 26.6. The summed E-state index contributed by atoms with van der Waals surface area (Å²) in [5, 5.41) is 3.06. The number of rotatable bonds is 13. The number of nitrogens with zero attached hydrogens (tertiary/aromatic N) is 2. The SMILES string of the molecule is CC[C@H](C)NC(=O)[C@@H](Cc1ccccc1)N(Cc1ccccc1)C(=O)CN(c1cc(C)cc(C)c1)S(=O)(=O)c1ccccc1. The summed E-state index contributed by atoms with van der Waals surface area (Å²) in [4.78, 5) is 30.0. The maximum Gasteiger partial charge on any atom is 0.264 e. The average Bonchev–Trinajstić information content (AvgIpc) is 3.02. The van der Waals surface area contributed by atoms with Crippen LogP contribution in [0.15, 0.2) is 114 Å². The van der Waals surface area contributed by atoms with Gasteiger partial charge in [-0.25, -0.2) is 8.42 Å². The van der Waals surface area contributed by atoms with Gasteiger partial charge in [-0.05, 0) is 73.7 Å². The molecule has 0 aliphatic carbocycles. The van der Waals surface area contributed by atoms with Crippen LogP contribution in [-0.4, -0.2) is 43.8 Å². The predicted molar refractivity (Wildman–Crippen MR) is 176 cm³/mol. The molecular formula is C36H41N3O4S. The molecule has 0 radical (unpaired) electrons. The van der Waals surface area contributed by atoms with Crippen LogP contribution < -0.4 is 9.62 Å². The van der Waals surface area contributed by atoms with Gasteiger partial charge >= 0.3 is 0 Å². The van der Waals surface area contributed by atoms with Gasteiger partial charge in [0.25, 0.3) is 10.0 Å². The van der Waals surface area contributed by atoms with E-state index >= 15 is 0 Å². The molecule has 0 fully saturated rings. The number of carbonyl (C=O) groups excluding carboxylic acids is 2. The van der Waals surface area contributed by atoms with Gasteiger partial charge in [0, 0.05) is 19.0 Å². The summed E-state index contributed by atoms with van der Waals surface area (Å²) < 4.78 is 29.4. The number of hydrogen-bond donors (Lipinski definition) is 1. The molecule has 4 rings (SSSR count). The molecule has 0 aliphatic heterocycles. The van der Waals surface area contributed by atoms with E-state index in [0.29, 0.717) is 5.69 Å². The third kappa shape index (κ3) is 8.35. The highest BCUT2D eigenvalue weighted by molar-refractivity contribution is 7.92.